The number of anilines is 1. The molecule has 2 aromatic carbocycles. The maximum absolute atomic E-state index is 9.94. The molecule has 4 aromatic rings. The van der Waals surface area contributed by atoms with Crippen LogP contribution in [0.15, 0.2) is 53.9 Å². The Bertz CT molecular complexity index is 1220. The van der Waals surface area contributed by atoms with E-state index in [0.29, 0.717) is 11.6 Å². The van der Waals surface area contributed by atoms with Crippen LogP contribution in [0.4, 0.5) is 5.82 Å². The Kier molecular flexibility index (Phi) is 5.23. The molecule has 2 heterocycles. The first-order chi connectivity index (χ1) is 14.5. The molecule has 4 rings (SSSR count). The molecule has 2 N–H and O–H groups in total. The second kappa shape index (κ2) is 7.99. The van der Waals surface area contributed by atoms with E-state index in [0.717, 1.165) is 45.5 Å². The highest BCUT2D eigenvalue weighted by Crippen LogP contribution is 2.29. The van der Waals surface area contributed by atoms with Crippen LogP contribution in [0, 0.1) is 27.7 Å². The molecule has 30 heavy (non-hydrogen) atoms. The molecule has 0 bridgehead atoms. The van der Waals surface area contributed by atoms with Crippen molar-refractivity contribution in [3.63, 3.8) is 0 Å². The van der Waals surface area contributed by atoms with Gasteiger partial charge in [0, 0.05) is 12.2 Å². The molecule has 0 radical (unpaired) electrons. The zero-order chi connectivity index (χ0) is 21.3. The molecule has 2 aromatic heterocycles. The fourth-order valence-corrected chi connectivity index (χ4v) is 3.74. The van der Waals surface area contributed by atoms with Crippen molar-refractivity contribution in [3.05, 3.63) is 82.3 Å². The minimum atomic E-state index is 0.323. The van der Waals surface area contributed by atoms with Gasteiger partial charge in [-0.25, -0.2) is 9.97 Å². The van der Waals surface area contributed by atoms with Gasteiger partial charge in [-0.2, -0.15) is 5.10 Å². The SMILES string of the molecule is Cc1cc(/C=N\Nc2ncnc3c2c(C)c(C)n3Cc2ccccc2)cc(C)c1O. The number of phenolic OH excluding ortho intramolecular Hbond substituents is 1. The molecule has 0 aliphatic heterocycles. The number of nitrogens with zero attached hydrogens (tertiary/aromatic N) is 4. The Hall–Kier alpha value is -3.67. The summed E-state index contributed by atoms with van der Waals surface area (Å²) < 4.78 is 2.21. The van der Waals surface area contributed by atoms with Gasteiger partial charge >= 0.3 is 0 Å². The lowest BCUT2D eigenvalue weighted by atomic mass is 10.1. The van der Waals surface area contributed by atoms with Crippen LogP contribution < -0.4 is 5.43 Å². The van der Waals surface area contributed by atoms with Crippen molar-refractivity contribution in [2.75, 3.05) is 5.43 Å². The van der Waals surface area contributed by atoms with E-state index in [4.69, 9.17) is 0 Å². The maximum Gasteiger partial charge on any atom is 0.159 e. The van der Waals surface area contributed by atoms with Crippen molar-refractivity contribution in [2.45, 2.75) is 34.2 Å². The van der Waals surface area contributed by atoms with Crippen molar-refractivity contribution < 1.29 is 5.11 Å². The molecule has 6 heteroatoms. The Morgan fingerprint density at radius 1 is 1.03 bits per heavy atom. The molecule has 152 valence electrons. The second-order valence-corrected chi connectivity index (χ2v) is 7.58. The molecule has 0 saturated carbocycles. The van der Waals surface area contributed by atoms with Gasteiger partial charge in [0.15, 0.2) is 5.82 Å². The van der Waals surface area contributed by atoms with Gasteiger partial charge in [-0.3, -0.25) is 5.43 Å². The summed E-state index contributed by atoms with van der Waals surface area (Å²) >= 11 is 0. The lowest BCUT2D eigenvalue weighted by molar-refractivity contribution is 0.467. The van der Waals surface area contributed by atoms with E-state index in [2.05, 4.69) is 51.0 Å². The number of fused-ring (bicyclic) bond motifs is 1. The average Bonchev–Trinajstić information content (AvgIpc) is 2.98. The normalized spacial score (nSPS) is 11.5. The van der Waals surface area contributed by atoms with Gasteiger partial charge in [0.1, 0.15) is 17.7 Å². The molecule has 0 unspecified atom stereocenters. The van der Waals surface area contributed by atoms with Gasteiger partial charge in [0.25, 0.3) is 0 Å². The summed E-state index contributed by atoms with van der Waals surface area (Å²) in [5.74, 6) is 0.999. The van der Waals surface area contributed by atoms with E-state index >= 15 is 0 Å². The number of rotatable bonds is 5. The molecule has 0 aliphatic rings. The van der Waals surface area contributed by atoms with Crippen LogP contribution in [0.5, 0.6) is 5.75 Å². The van der Waals surface area contributed by atoms with Crippen LogP contribution in [-0.2, 0) is 6.54 Å². The van der Waals surface area contributed by atoms with E-state index in [1.807, 2.05) is 44.2 Å². The smallest absolute Gasteiger partial charge is 0.159 e. The topological polar surface area (TPSA) is 75.3 Å². The molecule has 0 aliphatic carbocycles. The largest absolute Gasteiger partial charge is 0.507 e. The highest BCUT2D eigenvalue weighted by molar-refractivity contribution is 5.92. The minimum absolute atomic E-state index is 0.323. The van der Waals surface area contributed by atoms with Crippen molar-refractivity contribution in [3.8, 4) is 5.75 Å². The summed E-state index contributed by atoms with van der Waals surface area (Å²) in [7, 11) is 0. The minimum Gasteiger partial charge on any atom is -0.507 e. The van der Waals surface area contributed by atoms with Gasteiger partial charge in [0.05, 0.1) is 11.6 Å². The van der Waals surface area contributed by atoms with E-state index in [1.165, 1.54) is 5.56 Å². The van der Waals surface area contributed by atoms with E-state index in [1.54, 1.807) is 12.5 Å². The first-order valence-electron chi connectivity index (χ1n) is 9.89. The zero-order valence-corrected chi connectivity index (χ0v) is 17.6. The Morgan fingerprint density at radius 2 is 1.73 bits per heavy atom. The van der Waals surface area contributed by atoms with Gasteiger partial charge in [-0.15, -0.1) is 0 Å². The first kappa shape index (κ1) is 19.6. The summed E-state index contributed by atoms with van der Waals surface area (Å²) in [5, 5.41) is 15.3. The molecule has 0 spiro atoms. The second-order valence-electron chi connectivity index (χ2n) is 7.58. The first-order valence-corrected chi connectivity index (χ1v) is 9.89. The van der Waals surface area contributed by atoms with Crippen molar-refractivity contribution in [1.29, 1.82) is 0 Å². The molecule has 0 fully saturated rings. The van der Waals surface area contributed by atoms with Gasteiger partial charge in [-0.1, -0.05) is 30.3 Å². The fourth-order valence-electron chi connectivity index (χ4n) is 3.74. The summed E-state index contributed by atoms with van der Waals surface area (Å²) in [6.07, 6.45) is 3.30. The number of aryl methyl sites for hydroxylation is 3. The number of phenols is 1. The van der Waals surface area contributed by atoms with Crippen LogP contribution in [0.25, 0.3) is 11.0 Å². The number of aromatic nitrogens is 3. The average molecular weight is 399 g/mol. The summed E-state index contributed by atoms with van der Waals surface area (Å²) in [5.41, 5.74) is 10.0. The molecular formula is C24H25N5O. The number of hydrogen-bond donors (Lipinski definition) is 2. The van der Waals surface area contributed by atoms with Crippen molar-refractivity contribution in [1.82, 2.24) is 14.5 Å². The van der Waals surface area contributed by atoms with Gasteiger partial charge in [0.2, 0.25) is 0 Å². The number of nitrogens with one attached hydrogen (secondary N) is 1. The maximum atomic E-state index is 9.94. The highest BCUT2D eigenvalue weighted by atomic mass is 16.3. The van der Waals surface area contributed by atoms with Crippen LogP contribution >= 0.6 is 0 Å². The summed E-state index contributed by atoms with van der Waals surface area (Å²) in [6, 6.07) is 14.2. The predicted molar refractivity (Wildman–Crippen MR) is 121 cm³/mol. The van der Waals surface area contributed by atoms with Crippen LogP contribution in [-0.4, -0.2) is 25.9 Å². The molecule has 0 amide bonds. The van der Waals surface area contributed by atoms with Crippen LogP contribution in [0.3, 0.4) is 0 Å². The molecular weight excluding hydrogens is 374 g/mol. The Balaban J connectivity index is 1.66. The number of aromatic hydroxyl groups is 1. The summed E-state index contributed by atoms with van der Waals surface area (Å²) in [6.45, 7) is 8.70. The molecule has 0 atom stereocenters. The highest BCUT2D eigenvalue weighted by Gasteiger charge is 2.16. The third kappa shape index (κ3) is 3.64. The third-order valence-electron chi connectivity index (χ3n) is 5.49. The van der Waals surface area contributed by atoms with Crippen molar-refractivity contribution >= 4 is 23.1 Å². The van der Waals surface area contributed by atoms with Gasteiger partial charge in [-0.05, 0) is 67.6 Å². The standard InChI is InChI=1S/C24H25N5O/c1-15-10-20(11-16(2)22(15)30)12-27-28-23-21-17(3)18(4)29(24(21)26-14-25-23)13-19-8-6-5-7-9-19/h5-12,14,30H,13H2,1-4H3,(H,25,26,28)/b27-12-. The van der Waals surface area contributed by atoms with Crippen molar-refractivity contribution in [2.24, 2.45) is 5.10 Å². The zero-order valence-electron chi connectivity index (χ0n) is 17.6. The fraction of sp³-hybridized carbons (Fsp3) is 0.208. The van der Waals surface area contributed by atoms with E-state index < -0.39 is 0 Å². The predicted octanol–water partition coefficient (Wildman–Crippen LogP) is 4.86. The number of benzene rings is 2. The lowest BCUT2D eigenvalue weighted by Gasteiger charge is -2.08. The van der Waals surface area contributed by atoms with E-state index in [9.17, 15) is 5.11 Å². The Labute approximate surface area is 175 Å². The number of hydrazone groups is 1. The quantitative estimate of drug-likeness (QED) is 0.371. The van der Waals surface area contributed by atoms with E-state index in [-0.39, 0.29) is 0 Å². The van der Waals surface area contributed by atoms with Crippen LogP contribution in [0.2, 0.25) is 0 Å². The Morgan fingerprint density at radius 3 is 2.43 bits per heavy atom. The van der Waals surface area contributed by atoms with Gasteiger partial charge < -0.3 is 9.67 Å². The van der Waals surface area contributed by atoms with Crippen LogP contribution in [0.1, 0.15) is 33.5 Å². The monoisotopic (exact) mass is 399 g/mol. The third-order valence-corrected chi connectivity index (χ3v) is 5.49. The molecule has 6 nitrogen and oxygen atoms in total. The lowest BCUT2D eigenvalue weighted by Crippen LogP contribution is -2.03. The number of hydrogen-bond acceptors (Lipinski definition) is 5. The molecule has 0 saturated heterocycles. The summed E-state index contributed by atoms with van der Waals surface area (Å²) in [4.78, 5) is 8.97.